The number of nitrogens with one attached hydrogen (secondary N) is 2. The SMILES string of the molecule is CN1CCC(Oc2ccc(CNC(=S)Nc3ccc(Cl)cc3)cc2)CC1. The maximum Gasteiger partial charge on any atom is 0.171 e. The highest BCUT2D eigenvalue weighted by molar-refractivity contribution is 7.80. The van der Waals surface area contributed by atoms with E-state index in [0.717, 1.165) is 42.9 Å². The predicted octanol–water partition coefficient (Wildman–Crippen LogP) is 4.30. The van der Waals surface area contributed by atoms with Crippen molar-refractivity contribution in [2.45, 2.75) is 25.5 Å². The third kappa shape index (κ3) is 5.87. The van der Waals surface area contributed by atoms with Gasteiger partial charge in [-0.2, -0.15) is 0 Å². The van der Waals surface area contributed by atoms with Crippen LogP contribution in [0.4, 0.5) is 5.69 Å². The topological polar surface area (TPSA) is 36.5 Å². The van der Waals surface area contributed by atoms with Crippen molar-refractivity contribution < 1.29 is 4.74 Å². The summed E-state index contributed by atoms with van der Waals surface area (Å²) in [4.78, 5) is 2.34. The second-order valence-electron chi connectivity index (χ2n) is 6.58. The van der Waals surface area contributed by atoms with Crippen molar-refractivity contribution in [2.75, 3.05) is 25.5 Å². The van der Waals surface area contributed by atoms with Crippen molar-refractivity contribution >= 4 is 34.6 Å². The van der Waals surface area contributed by atoms with Crippen LogP contribution in [0.1, 0.15) is 18.4 Å². The number of hydrogen-bond donors (Lipinski definition) is 2. The van der Waals surface area contributed by atoms with Gasteiger partial charge in [0.2, 0.25) is 0 Å². The van der Waals surface area contributed by atoms with Gasteiger partial charge in [0.1, 0.15) is 11.9 Å². The highest BCUT2D eigenvalue weighted by Gasteiger charge is 2.17. The molecule has 0 saturated carbocycles. The van der Waals surface area contributed by atoms with Gasteiger partial charge >= 0.3 is 0 Å². The van der Waals surface area contributed by atoms with Crippen molar-refractivity contribution in [2.24, 2.45) is 0 Å². The third-order valence-corrected chi connectivity index (χ3v) is 4.95. The number of hydrogen-bond acceptors (Lipinski definition) is 3. The molecule has 2 N–H and O–H groups in total. The van der Waals surface area contributed by atoms with Gasteiger partial charge in [0.05, 0.1) is 0 Å². The van der Waals surface area contributed by atoms with Crippen LogP contribution in [0.5, 0.6) is 5.75 Å². The van der Waals surface area contributed by atoms with E-state index < -0.39 is 0 Å². The number of benzene rings is 2. The summed E-state index contributed by atoms with van der Waals surface area (Å²) in [6.45, 7) is 2.86. The Bertz CT molecular complexity index is 713. The van der Waals surface area contributed by atoms with Gasteiger partial charge in [-0.15, -0.1) is 0 Å². The van der Waals surface area contributed by atoms with Gasteiger partial charge in [-0.3, -0.25) is 0 Å². The summed E-state index contributed by atoms with van der Waals surface area (Å²) in [7, 11) is 2.16. The second-order valence-corrected chi connectivity index (χ2v) is 7.42. The molecule has 0 unspecified atom stereocenters. The van der Waals surface area contributed by atoms with E-state index in [-0.39, 0.29) is 0 Å². The quantitative estimate of drug-likeness (QED) is 0.745. The molecule has 0 aliphatic carbocycles. The fourth-order valence-corrected chi connectivity index (χ4v) is 3.19. The molecule has 1 aliphatic rings. The molecule has 6 heteroatoms. The molecule has 0 atom stereocenters. The molecule has 1 heterocycles. The molecule has 0 radical (unpaired) electrons. The third-order valence-electron chi connectivity index (χ3n) is 4.45. The van der Waals surface area contributed by atoms with E-state index in [1.165, 1.54) is 0 Å². The van der Waals surface area contributed by atoms with Gasteiger partial charge in [0, 0.05) is 30.3 Å². The van der Waals surface area contributed by atoms with E-state index in [2.05, 4.69) is 34.7 Å². The van der Waals surface area contributed by atoms with Crippen LogP contribution in [0.2, 0.25) is 5.02 Å². The molecule has 1 aliphatic heterocycles. The zero-order valence-corrected chi connectivity index (χ0v) is 16.4. The summed E-state index contributed by atoms with van der Waals surface area (Å²) >= 11 is 11.2. The lowest BCUT2D eigenvalue weighted by atomic mass is 10.1. The second kappa shape index (κ2) is 9.21. The molecule has 2 aromatic rings. The summed E-state index contributed by atoms with van der Waals surface area (Å²) < 4.78 is 6.08. The summed E-state index contributed by atoms with van der Waals surface area (Å²) in [5, 5.41) is 7.64. The van der Waals surface area contributed by atoms with Gasteiger partial charge in [0.25, 0.3) is 0 Å². The summed E-state index contributed by atoms with van der Waals surface area (Å²) in [5.74, 6) is 0.935. The lowest BCUT2D eigenvalue weighted by molar-refractivity contribution is 0.114. The smallest absolute Gasteiger partial charge is 0.171 e. The Balaban J connectivity index is 1.43. The van der Waals surface area contributed by atoms with E-state index in [4.69, 9.17) is 28.6 Å². The van der Waals surface area contributed by atoms with Crippen LogP contribution >= 0.6 is 23.8 Å². The normalized spacial score (nSPS) is 15.5. The average Bonchev–Trinajstić information content (AvgIpc) is 2.65. The van der Waals surface area contributed by atoms with E-state index in [1.54, 1.807) is 0 Å². The Morgan fingerprint density at radius 3 is 2.42 bits per heavy atom. The molecule has 0 aromatic heterocycles. The standard InChI is InChI=1S/C20H24ClN3OS/c1-24-12-10-19(11-13-24)25-18-8-2-15(3-9-18)14-22-20(26)23-17-6-4-16(21)5-7-17/h2-9,19H,10-14H2,1H3,(H2,22,23,26). The molecular weight excluding hydrogens is 366 g/mol. The maximum atomic E-state index is 6.08. The molecule has 2 aromatic carbocycles. The summed E-state index contributed by atoms with van der Waals surface area (Å²) in [5.41, 5.74) is 2.06. The van der Waals surface area contributed by atoms with E-state index >= 15 is 0 Å². The molecule has 0 bridgehead atoms. The first-order valence-electron chi connectivity index (χ1n) is 8.83. The molecular formula is C20H24ClN3OS. The maximum absolute atomic E-state index is 6.08. The molecule has 138 valence electrons. The monoisotopic (exact) mass is 389 g/mol. The van der Waals surface area contributed by atoms with E-state index in [1.807, 2.05) is 36.4 Å². The van der Waals surface area contributed by atoms with Crippen molar-refractivity contribution in [3.05, 3.63) is 59.1 Å². The zero-order valence-electron chi connectivity index (χ0n) is 14.9. The summed E-state index contributed by atoms with van der Waals surface area (Å²) in [6.07, 6.45) is 2.50. The van der Waals surface area contributed by atoms with Crippen molar-refractivity contribution in [3.63, 3.8) is 0 Å². The first-order valence-corrected chi connectivity index (χ1v) is 9.62. The Hall–Kier alpha value is -1.82. The number of likely N-dealkylation sites (tertiary alicyclic amines) is 1. The molecule has 0 spiro atoms. The van der Waals surface area contributed by atoms with Gasteiger partial charge in [-0.25, -0.2) is 0 Å². The number of ether oxygens (including phenoxy) is 1. The van der Waals surface area contributed by atoms with Crippen LogP contribution < -0.4 is 15.4 Å². The van der Waals surface area contributed by atoms with Gasteiger partial charge in [0.15, 0.2) is 5.11 Å². The highest BCUT2D eigenvalue weighted by Crippen LogP contribution is 2.19. The Morgan fingerprint density at radius 2 is 1.77 bits per heavy atom. The first-order chi connectivity index (χ1) is 12.6. The summed E-state index contributed by atoms with van der Waals surface area (Å²) in [6, 6.07) is 15.7. The van der Waals surface area contributed by atoms with Gasteiger partial charge in [-0.1, -0.05) is 23.7 Å². The van der Waals surface area contributed by atoms with Crippen molar-refractivity contribution in [3.8, 4) is 5.75 Å². The number of piperidine rings is 1. The Kier molecular flexibility index (Phi) is 6.72. The predicted molar refractivity (Wildman–Crippen MR) is 112 cm³/mol. The number of anilines is 1. The number of halogens is 1. The zero-order chi connectivity index (χ0) is 18.4. The van der Waals surface area contributed by atoms with Crippen LogP contribution in [0.15, 0.2) is 48.5 Å². The fraction of sp³-hybridized carbons (Fsp3) is 0.350. The largest absolute Gasteiger partial charge is 0.490 e. The molecule has 1 fully saturated rings. The van der Waals surface area contributed by atoms with Crippen LogP contribution in [0, 0.1) is 0 Å². The minimum absolute atomic E-state index is 0.325. The number of nitrogens with zero attached hydrogens (tertiary/aromatic N) is 1. The van der Waals surface area contributed by atoms with Gasteiger partial charge in [-0.05, 0) is 74.1 Å². The highest BCUT2D eigenvalue weighted by atomic mass is 35.5. The van der Waals surface area contributed by atoms with E-state index in [9.17, 15) is 0 Å². The molecule has 4 nitrogen and oxygen atoms in total. The number of rotatable bonds is 5. The molecule has 3 rings (SSSR count). The molecule has 26 heavy (non-hydrogen) atoms. The molecule has 1 saturated heterocycles. The minimum Gasteiger partial charge on any atom is -0.490 e. The van der Waals surface area contributed by atoms with Crippen LogP contribution in [-0.2, 0) is 6.54 Å². The Morgan fingerprint density at radius 1 is 1.12 bits per heavy atom. The van der Waals surface area contributed by atoms with E-state index in [0.29, 0.717) is 22.8 Å². The van der Waals surface area contributed by atoms with Crippen LogP contribution in [-0.4, -0.2) is 36.3 Å². The van der Waals surface area contributed by atoms with Crippen LogP contribution in [0.3, 0.4) is 0 Å². The lowest BCUT2D eigenvalue weighted by Crippen LogP contribution is -2.35. The molecule has 0 amide bonds. The van der Waals surface area contributed by atoms with Crippen molar-refractivity contribution in [1.82, 2.24) is 10.2 Å². The lowest BCUT2D eigenvalue weighted by Gasteiger charge is -2.29. The number of thiocarbonyl (C=S) groups is 1. The van der Waals surface area contributed by atoms with Gasteiger partial charge < -0.3 is 20.3 Å². The van der Waals surface area contributed by atoms with Crippen molar-refractivity contribution in [1.29, 1.82) is 0 Å². The first kappa shape index (κ1) is 19.0. The average molecular weight is 390 g/mol. The fourth-order valence-electron chi connectivity index (χ4n) is 2.87. The Labute approximate surface area is 165 Å². The van der Waals surface area contributed by atoms with Crippen LogP contribution in [0.25, 0.3) is 0 Å². The minimum atomic E-state index is 0.325.